The summed E-state index contributed by atoms with van der Waals surface area (Å²) in [5.41, 5.74) is -0.0689. The predicted molar refractivity (Wildman–Crippen MR) is 75.0 cm³/mol. The van der Waals surface area contributed by atoms with E-state index in [0.29, 0.717) is 5.56 Å². The molecule has 2 rings (SSSR count). The second-order valence-corrected chi connectivity index (χ2v) is 5.33. The fourth-order valence-electron chi connectivity index (χ4n) is 2.08. The van der Waals surface area contributed by atoms with Gasteiger partial charge in [-0.05, 0) is 23.1 Å². The van der Waals surface area contributed by atoms with E-state index in [1.165, 1.54) is 6.07 Å². The number of nitriles is 1. The van der Waals surface area contributed by atoms with Crippen LogP contribution in [0, 0.1) is 11.3 Å². The summed E-state index contributed by atoms with van der Waals surface area (Å²) in [5.74, 6) is 0.233. The molecule has 21 heavy (non-hydrogen) atoms. The first-order chi connectivity index (χ1) is 9.75. The number of alkyl halides is 3. The molecule has 6 heteroatoms. The van der Waals surface area contributed by atoms with Crippen molar-refractivity contribution in [2.75, 3.05) is 0 Å². The van der Waals surface area contributed by atoms with Gasteiger partial charge in [-0.2, -0.15) is 18.4 Å². The smallest absolute Gasteiger partial charge is 0.345 e. The summed E-state index contributed by atoms with van der Waals surface area (Å²) in [6, 6.07) is 8.58. The van der Waals surface area contributed by atoms with Gasteiger partial charge in [0.25, 0.3) is 0 Å². The molecule has 0 fully saturated rings. The van der Waals surface area contributed by atoms with Crippen LogP contribution in [0.25, 0.3) is 11.3 Å². The zero-order chi connectivity index (χ0) is 15.8. The van der Waals surface area contributed by atoms with Crippen molar-refractivity contribution in [3.8, 4) is 17.3 Å². The molecule has 0 unspecified atom stereocenters. The fraction of sp³-hybridized carbons (Fsp3) is 0.267. The molecule has 1 aromatic carbocycles. The Hall–Kier alpha value is -1.93. The van der Waals surface area contributed by atoms with Crippen LogP contribution in [0.4, 0.5) is 13.2 Å². The van der Waals surface area contributed by atoms with E-state index in [1.807, 2.05) is 19.9 Å². The maximum atomic E-state index is 13.0. The maximum absolute atomic E-state index is 13.0. The van der Waals surface area contributed by atoms with Crippen LogP contribution < -0.4 is 0 Å². The van der Waals surface area contributed by atoms with Crippen LogP contribution in [0.5, 0.6) is 0 Å². The van der Waals surface area contributed by atoms with Gasteiger partial charge in [-0.25, -0.2) is 0 Å². The highest BCUT2D eigenvalue weighted by molar-refractivity contribution is 6.34. The van der Waals surface area contributed by atoms with E-state index in [4.69, 9.17) is 16.9 Å². The number of benzene rings is 1. The van der Waals surface area contributed by atoms with E-state index in [-0.39, 0.29) is 11.6 Å². The first kappa shape index (κ1) is 15.5. The third kappa shape index (κ3) is 2.91. The maximum Gasteiger partial charge on any atom is 0.420 e. The highest BCUT2D eigenvalue weighted by Gasteiger charge is 2.39. The molecule has 1 aromatic heterocycles. The minimum absolute atomic E-state index is 0.114. The quantitative estimate of drug-likeness (QED) is 0.797. The van der Waals surface area contributed by atoms with E-state index in [1.54, 1.807) is 18.2 Å². The minimum Gasteiger partial charge on any atom is -0.345 e. The Morgan fingerprint density at radius 2 is 1.95 bits per heavy atom. The number of H-pyrrole nitrogens is 1. The summed E-state index contributed by atoms with van der Waals surface area (Å²) in [6.07, 6.45) is -4.67. The van der Waals surface area contributed by atoms with Crippen molar-refractivity contribution in [3.63, 3.8) is 0 Å². The normalized spacial score (nSPS) is 11.7. The average Bonchev–Trinajstić information content (AvgIpc) is 2.75. The highest BCUT2D eigenvalue weighted by Crippen LogP contribution is 2.42. The Kier molecular flexibility index (Phi) is 4.02. The molecule has 0 amide bonds. The standard InChI is InChI=1S/C15H12ClF3N2/c1-8(2)9-4-3-5-10(6-9)14-13(16)12(15(17,18)19)11(7-20)21-14/h3-6,8,21H,1-2H3. The molecule has 0 aliphatic rings. The van der Waals surface area contributed by atoms with Gasteiger partial charge < -0.3 is 4.98 Å². The van der Waals surface area contributed by atoms with Crippen LogP contribution in [-0.2, 0) is 6.18 Å². The van der Waals surface area contributed by atoms with Gasteiger partial charge in [-0.1, -0.05) is 43.6 Å². The molecule has 0 saturated heterocycles. The Morgan fingerprint density at radius 3 is 2.43 bits per heavy atom. The Balaban J connectivity index is 2.64. The number of nitrogens with one attached hydrogen (secondary N) is 1. The number of hydrogen-bond acceptors (Lipinski definition) is 1. The number of hydrogen-bond donors (Lipinski definition) is 1. The molecule has 0 atom stereocenters. The van der Waals surface area contributed by atoms with Gasteiger partial charge in [0.2, 0.25) is 0 Å². The monoisotopic (exact) mass is 312 g/mol. The van der Waals surface area contributed by atoms with E-state index in [9.17, 15) is 13.2 Å². The van der Waals surface area contributed by atoms with Gasteiger partial charge >= 0.3 is 6.18 Å². The zero-order valence-corrected chi connectivity index (χ0v) is 12.1. The molecule has 0 spiro atoms. The van der Waals surface area contributed by atoms with Gasteiger partial charge in [0, 0.05) is 0 Å². The Morgan fingerprint density at radius 1 is 1.29 bits per heavy atom. The van der Waals surface area contributed by atoms with Crippen LogP contribution >= 0.6 is 11.6 Å². The van der Waals surface area contributed by atoms with Crippen LogP contribution in [-0.4, -0.2) is 4.98 Å². The molecule has 1 N–H and O–H groups in total. The molecule has 110 valence electrons. The number of aromatic nitrogens is 1. The largest absolute Gasteiger partial charge is 0.420 e. The molecule has 0 aliphatic heterocycles. The second kappa shape index (κ2) is 5.45. The molecular formula is C15H12ClF3N2. The summed E-state index contributed by atoms with van der Waals surface area (Å²) in [5, 5.41) is 8.40. The van der Waals surface area contributed by atoms with Crippen LogP contribution in [0.2, 0.25) is 5.02 Å². The fourth-order valence-corrected chi connectivity index (χ4v) is 2.44. The predicted octanol–water partition coefficient (Wildman–Crippen LogP) is 5.35. The SMILES string of the molecule is CC(C)c1cccc(-c2[nH]c(C#N)c(C(F)(F)F)c2Cl)c1. The van der Waals surface area contributed by atoms with Crippen LogP contribution in [0.1, 0.15) is 36.6 Å². The summed E-state index contributed by atoms with van der Waals surface area (Å²) in [6.45, 7) is 3.97. The topological polar surface area (TPSA) is 39.6 Å². The molecule has 2 nitrogen and oxygen atoms in total. The second-order valence-electron chi connectivity index (χ2n) is 4.95. The molecule has 1 heterocycles. The van der Waals surface area contributed by atoms with Gasteiger partial charge in [0.1, 0.15) is 17.3 Å². The molecule has 0 radical (unpaired) electrons. The Labute approximate surface area is 125 Å². The van der Waals surface area contributed by atoms with Crippen molar-refractivity contribution in [2.24, 2.45) is 0 Å². The van der Waals surface area contributed by atoms with Gasteiger partial charge in [-0.3, -0.25) is 0 Å². The van der Waals surface area contributed by atoms with Crippen LogP contribution in [0.15, 0.2) is 24.3 Å². The van der Waals surface area contributed by atoms with Gasteiger partial charge in [0.15, 0.2) is 0 Å². The lowest BCUT2D eigenvalue weighted by atomic mass is 9.99. The van der Waals surface area contributed by atoms with Crippen molar-refractivity contribution in [2.45, 2.75) is 25.9 Å². The summed E-state index contributed by atoms with van der Waals surface area (Å²) < 4.78 is 38.9. The lowest BCUT2D eigenvalue weighted by Gasteiger charge is -2.08. The first-order valence-electron chi connectivity index (χ1n) is 6.24. The van der Waals surface area contributed by atoms with E-state index >= 15 is 0 Å². The van der Waals surface area contributed by atoms with Crippen molar-refractivity contribution in [1.29, 1.82) is 5.26 Å². The highest BCUT2D eigenvalue weighted by atomic mass is 35.5. The number of aromatic amines is 1. The van der Waals surface area contributed by atoms with Crippen molar-refractivity contribution >= 4 is 11.6 Å². The van der Waals surface area contributed by atoms with Gasteiger partial charge in [0.05, 0.1) is 10.7 Å². The van der Waals surface area contributed by atoms with Crippen molar-refractivity contribution < 1.29 is 13.2 Å². The lowest BCUT2D eigenvalue weighted by Crippen LogP contribution is -2.06. The summed E-state index contributed by atoms with van der Waals surface area (Å²) >= 11 is 5.86. The minimum atomic E-state index is -4.67. The third-order valence-corrected chi connectivity index (χ3v) is 3.55. The zero-order valence-electron chi connectivity index (χ0n) is 11.3. The average molecular weight is 313 g/mol. The van der Waals surface area contributed by atoms with E-state index in [0.717, 1.165) is 5.56 Å². The van der Waals surface area contributed by atoms with Crippen molar-refractivity contribution in [1.82, 2.24) is 4.98 Å². The van der Waals surface area contributed by atoms with Gasteiger partial charge in [-0.15, -0.1) is 0 Å². The van der Waals surface area contributed by atoms with E-state index < -0.39 is 22.5 Å². The molecule has 0 saturated carbocycles. The number of rotatable bonds is 2. The first-order valence-corrected chi connectivity index (χ1v) is 6.62. The molecule has 0 bridgehead atoms. The third-order valence-electron chi connectivity index (χ3n) is 3.18. The lowest BCUT2D eigenvalue weighted by molar-refractivity contribution is -0.137. The molecule has 2 aromatic rings. The molecular weight excluding hydrogens is 301 g/mol. The Bertz CT molecular complexity index is 709. The number of halogens is 4. The molecule has 0 aliphatic carbocycles. The summed E-state index contributed by atoms with van der Waals surface area (Å²) in [7, 11) is 0. The van der Waals surface area contributed by atoms with Crippen molar-refractivity contribution in [3.05, 3.63) is 46.1 Å². The van der Waals surface area contributed by atoms with E-state index in [2.05, 4.69) is 4.98 Å². The summed E-state index contributed by atoms with van der Waals surface area (Å²) in [4.78, 5) is 2.48. The number of nitrogens with zero attached hydrogens (tertiary/aromatic N) is 1. The van der Waals surface area contributed by atoms with Crippen LogP contribution in [0.3, 0.4) is 0 Å².